The van der Waals surface area contributed by atoms with Gasteiger partial charge in [-0.05, 0) is 0 Å². The molecule has 0 saturated carbocycles. The summed E-state index contributed by atoms with van der Waals surface area (Å²) < 4.78 is 0. The smallest absolute Gasteiger partial charge is 0.244 e. The molecular weight excluding hydrogens is 281 g/mol. The van der Waals surface area contributed by atoms with Gasteiger partial charge in [0.1, 0.15) is 6.33 Å². The van der Waals surface area contributed by atoms with Gasteiger partial charge in [0.05, 0.1) is 12.2 Å². The first-order valence-electron chi connectivity index (χ1n) is 4.69. The molecule has 0 bridgehead atoms. The van der Waals surface area contributed by atoms with E-state index in [0.717, 1.165) is 11.4 Å². The van der Waals surface area contributed by atoms with E-state index in [1.165, 1.54) is 6.33 Å². The van der Waals surface area contributed by atoms with Crippen LogP contribution in [0.4, 0.5) is 11.5 Å². The Labute approximate surface area is 121 Å². The molecule has 1 aliphatic heterocycles. The van der Waals surface area contributed by atoms with E-state index in [1.807, 2.05) is 0 Å². The Morgan fingerprint density at radius 2 is 2.12 bits per heavy atom. The molecule has 0 aromatic carbocycles. The standard InChI is InChI=1S/C8H9N4O.C2H5.Y/c1-2-5-7-8(11-4-10-5)12-6(13)3-9-7;1-2;/h4,9H,1-3H2,(H,10,11,12,13);1H2,2H3;/q2*-1;. The molecule has 85 valence electrons. The van der Waals surface area contributed by atoms with Crippen LogP contribution in [0.2, 0.25) is 0 Å². The van der Waals surface area contributed by atoms with E-state index in [1.54, 1.807) is 6.92 Å². The molecular formula is C10H14N4OY-2. The molecule has 0 fully saturated rings. The largest absolute Gasteiger partial charge is 0.372 e. The van der Waals surface area contributed by atoms with Gasteiger partial charge in [-0.3, -0.25) is 4.79 Å². The van der Waals surface area contributed by atoms with E-state index < -0.39 is 0 Å². The first-order chi connectivity index (χ1) is 7.31. The van der Waals surface area contributed by atoms with Crippen LogP contribution in [-0.2, 0) is 43.9 Å². The fourth-order valence-electron chi connectivity index (χ4n) is 1.24. The number of anilines is 2. The minimum atomic E-state index is -0.0822. The molecule has 0 saturated heterocycles. The number of carbonyl (C=O) groups is 1. The van der Waals surface area contributed by atoms with Crippen LogP contribution in [-0.4, -0.2) is 22.4 Å². The van der Waals surface area contributed by atoms with Crippen LogP contribution in [0.5, 0.6) is 0 Å². The first kappa shape index (κ1) is 15.5. The zero-order valence-electron chi connectivity index (χ0n) is 9.29. The van der Waals surface area contributed by atoms with Gasteiger partial charge in [0.2, 0.25) is 5.91 Å². The van der Waals surface area contributed by atoms with Crippen LogP contribution < -0.4 is 10.6 Å². The Kier molecular flexibility index (Phi) is 7.42. The maximum Gasteiger partial charge on any atom is 0.244 e. The molecule has 0 aliphatic carbocycles. The molecule has 2 N–H and O–H groups in total. The molecule has 1 radical (unpaired) electrons. The normalized spacial score (nSPS) is 12.1. The van der Waals surface area contributed by atoms with Crippen molar-refractivity contribution in [2.45, 2.75) is 13.3 Å². The molecule has 0 unspecified atom stereocenters. The number of rotatable bonds is 1. The van der Waals surface area contributed by atoms with Crippen LogP contribution >= 0.6 is 0 Å². The van der Waals surface area contributed by atoms with Crippen LogP contribution in [0.15, 0.2) is 6.33 Å². The summed E-state index contributed by atoms with van der Waals surface area (Å²) in [4.78, 5) is 19.0. The van der Waals surface area contributed by atoms with Gasteiger partial charge in [0.15, 0.2) is 5.82 Å². The van der Waals surface area contributed by atoms with Crippen LogP contribution in [0.25, 0.3) is 0 Å². The van der Waals surface area contributed by atoms with Crippen molar-refractivity contribution in [3.63, 3.8) is 0 Å². The van der Waals surface area contributed by atoms with E-state index in [4.69, 9.17) is 0 Å². The van der Waals surface area contributed by atoms with Crippen LogP contribution in [0.1, 0.15) is 12.6 Å². The Bertz CT molecular complexity index is 357. The minimum absolute atomic E-state index is 0. The fourth-order valence-corrected chi connectivity index (χ4v) is 1.24. The summed E-state index contributed by atoms with van der Waals surface area (Å²) in [6.07, 6.45) is 2.00. The average molecular weight is 295 g/mol. The van der Waals surface area contributed by atoms with Gasteiger partial charge in [-0.25, -0.2) is 9.97 Å². The van der Waals surface area contributed by atoms with Gasteiger partial charge in [-0.2, -0.15) is 6.92 Å². The molecule has 1 aromatic heterocycles. The molecule has 1 aromatic rings. The third kappa shape index (κ3) is 3.49. The number of carbonyl (C=O) groups excluding carboxylic acids is 1. The Morgan fingerprint density at radius 1 is 1.44 bits per heavy atom. The monoisotopic (exact) mass is 295 g/mol. The van der Waals surface area contributed by atoms with Gasteiger partial charge in [-0.15, -0.1) is 6.42 Å². The van der Waals surface area contributed by atoms with Crippen LogP contribution in [0, 0.1) is 13.8 Å². The summed E-state index contributed by atoms with van der Waals surface area (Å²) >= 11 is 0. The summed E-state index contributed by atoms with van der Waals surface area (Å²) in [5.41, 5.74) is 1.61. The number of hydrogen-bond acceptors (Lipinski definition) is 4. The van der Waals surface area contributed by atoms with E-state index in [9.17, 15) is 4.79 Å². The maximum atomic E-state index is 11.0. The number of hydrogen-bond donors (Lipinski definition) is 2. The summed E-state index contributed by atoms with van der Waals surface area (Å²) in [5, 5.41) is 5.61. The third-order valence-electron chi connectivity index (χ3n) is 1.85. The number of nitrogens with zero attached hydrogens (tertiary/aromatic N) is 2. The second-order valence-electron chi connectivity index (χ2n) is 2.70. The number of fused-ring (bicyclic) bond motifs is 1. The number of amides is 1. The second kappa shape index (κ2) is 7.68. The molecule has 2 rings (SSSR count). The first-order valence-corrected chi connectivity index (χ1v) is 4.69. The molecule has 1 amide bonds. The minimum Gasteiger partial charge on any atom is -0.372 e. The Balaban J connectivity index is 0.000000711. The number of aromatic nitrogens is 2. The van der Waals surface area contributed by atoms with E-state index in [2.05, 4.69) is 34.4 Å². The van der Waals surface area contributed by atoms with E-state index in [-0.39, 0.29) is 45.2 Å². The Morgan fingerprint density at radius 3 is 2.75 bits per heavy atom. The zero-order valence-corrected chi connectivity index (χ0v) is 12.1. The average Bonchev–Trinajstić information content (AvgIpc) is 2.30. The van der Waals surface area contributed by atoms with Gasteiger partial charge in [0, 0.05) is 38.4 Å². The summed E-state index contributed by atoms with van der Waals surface area (Å²) in [5.74, 6) is 0.464. The van der Waals surface area contributed by atoms with Crippen molar-refractivity contribution in [1.82, 2.24) is 9.97 Å². The SMILES string of the molecule is [CH2-]C.[CH2-]Cc1ncnc2c1NCC(=O)N2.[Y]. The van der Waals surface area contributed by atoms with Crippen LogP contribution in [0.3, 0.4) is 0 Å². The van der Waals surface area contributed by atoms with Gasteiger partial charge >= 0.3 is 0 Å². The Hall–Kier alpha value is -0.546. The molecule has 1 aliphatic rings. The summed E-state index contributed by atoms with van der Waals surface area (Å²) in [7, 11) is 0. The molecule has 0 spiro atoms. The van der Waals surface area contributed by atoms with Crippen molar-refractivity contribution in [2.24, 2.45) is 0 Å². The maximum absolute atomic E-state index is 11.0. The van der Waals surface area contributed by atoms with Crippen molar-refractivity contribution in [3.8, 4) is 0 Å². The quantitative estimate of drug-likeness (QED) is 0.760. The van der Waals surface area contributed by atoms with Crippen molar-refractivity contribution in [3.05, 3.63) is 25.9 Å². The number of nitrogens with one attached hydrogen (secondary N) is 2. The van der Waals surface area contributed by atoms with Crippen molar-refractivity contribution < 1.29 is 37.5 Å². The van der Waals surface area contributed by atoms with Gasteiger partial charge in [0.25, 0.3) is 0 Å². The predicted molar refractivity (Wildman–Crippen MR) is 59.2 cm³/mol. The molecule has 6 heteroatoms. The topological polar surface area (TPSA) is 66.9 Å². The molecule has 0 atom stereocenters. The van der Waals surface area contributed by atoms with E-state index in [0.29, 0.717) is 12.2 Å². The molecule has 16 heavy (non-hydrogen) atoms. The summed E-state index contributed by atoms with van der Waals surface area (Å²) in [6, 6.07) is 0. The van der Waals surface area contributed by atoms with E-state index >= 15 is 0 Å². The summed E-state index contributed by atoms with van der Waals surface area (Å²) in [6.45, 7) is 9.01. The van der Waals surface area contributed by atoms with Gasteiger partial charge in [-0.1, -0.05) is 0 Å². The third-order valence-corrected chi connectivity index (χ3v) is 1.85. The van der Waals surface area contributed by atoms with Crippen molar-refractivity contribution in [2.75, 3.05) is 17.2 Å². The van der Waals surface area contributed by atoms with Crippen molar-refractivity contribution in [1.29, 1.82) is 0 Å². The predicted octanol–water partition coefficient (Wildman–Crippen LogP) is 1.06. The van der Waals surface area contributed by atoms with Gasteiger partial charge < -0.3 is 24.5 Å². The zero-order chi connectivity index (χ0) is 11.3. The molecule has 5 nitrogen and oxygen atoms in total. The molecule has 2 heterocycles. The fraction of sp³-hybridized carbons (Fsp3) is 0.300. The second-order valence-corrected chi connectivity index (χ2v) is 2.70. The van der Waals surface area contributed by atoms with Crippen molar-refractivity contribution >= 4 is 17.4 Å².